The lowest BCUT2D eigenvalue weighted by Gasteiger charge is -2.13. The predicted octanol–water partition coefficient (Wildman–Crippen LogP) is 4.02. The van der Waals surface area contributed by atoms with Crippen LogP contribution in [0, 0.1) is 0 Å². The van der Waals surface area contributed by atoms with E-state index in [0.717, 1.165) is 34.1 Å². The zero-order valence-corrected chi connectivity index (χ0v) is 20.0. The lowest BCUT2D eigenvalue weighted by molar-refractivity contribution is -0.159. The molecule has 3 N–H and O–H groups in total. The fraction of sp³-hybridized carbons (Fsp3) is 0.222. The summed E-state index contributed by atoms with van der Waals surface area (Å²) in [7, 11) is 1.20. The van der Waals surface area contributed by atoms with Gasteiger partial charge in [-0.15, -0.1) is 0 Å². The van der Waals surface area contributed by atoms with Crippen molar-refractivity contribution in [3.8, 4) is 0 Å². The van der Waals surface area contributed by atoms with Crippen LogP contribution in [0.1, 0.15) is 17.5 Å². The first-order chi connectivity index (χ1) is 17.5. The number of anilines is 1. The van der Waals surface area contributed by atoms with Crippen LogP contribution in [0.4, 0.5) is 10.5 Å². The molecule has 3 aromatic carbocycles. The minimum Gasteiger partial charge on any atom is -0.466 e. The number of benzene rings is 3. The van der Waals surface area contributed by atoms with Crippen molar-refractivity contribution in [3.05, 3.63) is 90.0 Å². The third-order valence-electron chi connectivity index (χ3n) is 5.29. The number of methoxy groups -OCH3 is 1. The molecule has 0 aliphatic carbocycles. The molecule has 0 bridgehead atoms. The number of ether oxygens (including phenoxy) is 2. The van der Waals surface area contributed by atoms with E-state index in [1.807, 2.05) is 66.7 Å². The highest BCUT2D eigenvalue weighted by Crippen LogP contribution is 2.23. The van der Waals surface area contributed by atoms with E-state index in [0.29, 0.717) is 30.3 Å². The fourth-order valence-corrected chi connectivity index (χ4v) is 3.37. The van der Waals surface area contributed by atoms with Gasteiger partial charge in [0.15, 0.2) is 0 Å². The Morgan fingerprint density at radius 1 is 0.944 bits per heavy atom. The molecular formula is C27H29N3O6. The number of nitrogens with one attached hydrogen (secondary N) is 2. The maximum atomic E-state index is 12.3. The third-order valence-corrected chi connectivity index (χ3v) is 5.29. The Morgan fingerprint density at radius 3 is 2.44 bits per heavy atom. The van der Waals surface area contributed by atoms with E-state index < -0.39 is 18.0 Å². The number of hydrogen-bond donors (Lipinski definition) is 3. The number of hydroxylamine groups is 2. The van der Waals surface area contributed by atoms with Crippen LogP contribution < -0.4 is 10.6 Å². The molecule has 0 atom stereocenters. The van der Waals surface area contributed by atoms with E-state index in [1.54, 1.807) is 0 Å². The highest BCUT2D eigenvalue weighted by atomic mass is 16.5. The molecule has 2 amide bonds. The van der Waals surface area contributed by atoms with Crippen molar-refractivity contribution in [3.63, 3.8) is 0 Å². The number of carbonyl (C=O) groups excluding carboxylic acids is 3. The van der Waals surface area contributed by atoms with E-state index in [4.69, 9.17) is 4.74 Å². The van der Waals surface area contributed by atoms with Gasteiger partial charge >= 0.3 is 12.1 Å². The van der Waals surface area contributed by atoms with Crippen LogP contribution in [0.3, 0.4) is 0 Å². The maximum absolute atomic E-state index is 12.3. The largest absolute Gasteiger partial charge is 0.466 e. The van der Waals surface area contributed by atoms with Crippen molar-refractivity contribution in [2.75, 3.05) is 25.5 Å². The van der Waals surface area contributed by atoms with Crippen molar-refractivity contribution in [1.82, 2.24) is 10.4 Å². The predicted molar refractivity (Wildman–Crippen MR) is 135 cm³/mol. The smallest absolute Gasteiger partial charge is 0.411 e. The molecule has 0 fully saturated rings. The molecule has 0 spiro atoms. The molecule has 0 saturated heterocycles. The third kappa shape index (κ3) is 8.23. The first-order valence-corrected chi connectivity index (χ1v) is 11.4. The molecule has 0 aromatic heterocycles. The molecule has 0 unspecified atom stereocenters. The molecule has 9 heteroatoms. The van der Waals surface area contributed by atoms with Gasteiger partial charge in [-0.3, -0.25) is 15.3 Å². The molecule has 0 aliphatic heterocycles. The van der Waals surface area contributed by atoms with Gasteiger partial charge in [0, 0.05) is 30.6 Å². The van der Waals surface area contributed by atoms with E-state index in [2.05, 4.69) is 15.4 Å². The van der Waals surface area contributed by atoms with Crippen LogP contribution in [0.2, 0.25) is 0 Å². The van der Waals surface area contributed by atoms with Crippen molar-refractivity contribution < 1.29 is 29.1 Å². The van der Waals surface area contributed by atoms with E-state index in [9.17, 15) is 19.6 Å². The van der Waals surface area contributed by atoms with E-state index in [1.165, 1.54) is 7.11 Å². The Hall–Kier alpha value is -4.21. The minimum absolute atomic E-state index is 0.120. The molecular weight excluding hydrogens is 462 g/mol. The Morgan fingerprint density at radius 2 is 1.67 bits per heavy atom. The molecule has 0 heterocycles. The van der Waals surface area contributed by atoms with Crippen LogP contribution in [0.25, 0.3) is 10.8 Å². The summed E-state index contributed by atoms with van der Waals surface area (Å²) in [6, 6.07) is 21.2. The normalized spacial score (nSPS) is 10.8. The highest BCUT2D eigenvalue weighted by Gasteiger charge is 2.08. The second-order valence-corrected chi connectivity index (χ2v) is 7.89. The Bertz CT molecular complexity index is 1200. The zero-order valence-electron chi connectivity index (χ0n) is 20.0. The number of rotatable bonds is 11. The minimum atomic E-state index is -0.691. The number of fused-ring (bicyclic) bond motifs is 1. The van der Waals surface area contributed by atoms with Gasteiger partial charge in [0.05, 0.1) is 12.8 Å². The fourth-order valence-electron chi connectivity index (χ4n) is 3.37. The Labute approximate surface area is 209 Å². The molecule has 3 rings (SSSR count). The summed E-state index contributed by atoms with van der Waals surface area (Å²) in [4.78, 5) is 34.9. The monoisotopic (exact) mass is 491 g/mol. The summed E-state index contributed by atoms with van der Waals surface area (Å²) >= 11 is 0. The SMILES string of the molecule is COC(=O)/C=C/C(=O)N(O)CCCNCc1ccc(COC(=O)Nc2cccc3ccccc23)cc1. The average molecular weight is 492 g/mol. The first-order valence-electron chi connectivity index (χ1n) is 11.4. The van der Waals surface area contributed by atoms with Gasteiger partial charge in [-0.1, -0.05) is 60.7 Å². The van der Waals surface area contributed by atoms with Gasteiger partial charge in [0.1, 0.15) is 6.61 Å². The lowest BCUT2D eigenvalue weighted by atomic mass is 10.1. The topological polar surface area (TPSA) is 117 Å². The van der Waals surface area contributed by atoms with Crippen molar-refractivity contribution in [1.29, 1.82) is 0 Å². The maximum Gasteiger partial charge on any atom is 0.411 e. The highest BCUT2D eigenvalue weighted by molar-refractivity contribution is 6.00. The number of amides is 2. The van der Waals surface area contributed by atoms with Crippen LogP contribution in [0.5, 0.6) is 0 Å². The van der Waals surface area contributed by atoms with Crippen molar-refractivity contribution in [2.45, 2.75) is 19.6 Å². The quantitative estimate of drug-likeness (QED) is 0.122. The standard InChI is InChI=1S/C27H29N3O6/c1-35-26(32)15-14-25(31)30(34)17-5-16-28-18-20-10-12-21(13-11-20)19-36-27(33)29-24-9-4-7-22-6-2-3-8-23(22)24/h2-4,6-15,28,34H,5,16-19H2,1H3,(H,29,33)/b15-14+. The summed E-state index contributed by atoms with van der Waals surface area (Å²) in [5.74, 6) is -1.36. The number of nitrogens with zero attached hydrogens (tertiary/aromatic N) is 1. The second kappa shape index (κ2) is 13.6. The summed E-state index contributed by atoms with van der Waals surface area (Å²) in [5, 5.41) is 18.2. The Kier molecular flexibility index (Phi) is 9.99. The van der Waals surface area contributed by atoms with E-state index >= 15 is 0 Å². The second-order valence-electron chi connectivity index (χ2n) is 7.89. The summed E-state index contributed by atoms with van der Waals surface area (Å²) in [6.45, 7) is 1.44. The molecule has 0 aliphatic rings. The molecule has 188 valence electrons. The van der Waals surface area contributed by atoms with Crippen LogP contribution in [-0.2, 0) is 32.2 Å². The molecule has 0 saturated carbocycles. The number of esters is 1. The summed E-state index contributed by atoms with van der Waals surface area (Å²) in [6.07, 6.45) is 1.91. The van der Waals surface area contributed by atoms with Crippen molar-refractivity contribution in [2.24, 2.45) is 0 Å². The van der Waals surface area contributed by atoms with Crippen LogP contribution in [-0.4, -0.2) is 48.4 Å². The van der Waals surface area contributed by atoms with Crippen LogP contribution >= 0.6 is 0 Å². The Balaban J connectivity index is 1.35. The number of hydrogen-bond acceptors (Lipinski definition) is 7. The van der Waals surface area contributed by atoms with Gasteiger partial charge in [-0.2, -0.15) is 0 Å². The summed E-state index contributed by atoms with van der Waals surface area (Å²) < 4.78 is 9.75. The molecule has 36 heavy (non-hydrogen) atoms. The average Bonchev–Trinajstić information content (AvgIpc) is 2.90. The molecule has 3 aromatic rings. The van der Waals surface area contributed by atoms with Gasteiger partial charge in [-0.25, -0.2) is 14.7 Å². The molecule has 9 nitrogen and oxygen atoms in total. The molecule has 0 radical (unpaired) electrons. The van der Waals surface area contributed by atoms with Gasteiger partial charge < -0.3 is 14.8 Å². The van der Waals surface area contributed by atoms with Gasteiger partial charge in [-0.05, 0) is 35.5 Å². The first kappa shape index (κ1) is 26.4. The zero-order chi connectivity index (χ0) is 25.8. The van der Waals surface area contributed by atoms with Gasteiger partial charge in [0.25, 0.3) is 5.91 Å². The lowest BCUT2D eigenvalue weighted by Crippen LogP contribution is -2.29. The van der Waals surface area contributed by atoms with Crippen molar-refractivity contribution >= 4 is 34.4 Å². The van der Waals surface area contributed by atoms with Crippen LogP contribution in [0.15, 0.2) is 78.9 Å². The van der Waals surface area contributed by atoms with E-state index in [-0.39, 0.29) is 13.2 Å². The summed E-state index contributed by atoms with van der Waals surface area (Å²) in [5.41, 5.74) is 2.60. The number of carbonyl (C=O) groups is 3. The van der Waals surface area contributed by atoms with Gasteiger partial charge in [0.2, 0.25) is 0 Å².